The van der Waals surface area contributed by atoms with Gasteiger partial charge in [0.2, 0.25) is 0 Å². The number of carbonyl (C=O) groups excluding carboxylic acids is 1. The van der Waals surface area contributed by atoms with Gasteiger partial charge < -0.3 is 10.6 Å². The predicted molar refractivity (Wildman–Crippen MR) is 69.8 cm³/mol. The molecule has 18 heavy (non-hydrogen) atoms. The molecule has 1 amide bonds. The third-order valence-electron chi connectivity index (χ3n) is 2.23. The Bertz CT molecular complexity index is 472. The summed E-state index contributed by atoms with van der Waals surface area (Å²) in [6.07, 6.45) is 1.59. The lowest BCUT2D eigenvalue weighted by Crippen LogP contribution is -2.22. The summed E-state index contributed by atoms with van der Waals surface area (Å²) in [5.74, 6) is -0.256. The van der Waals surface area contributed by atoms with Crippen molar-refractivity contribution in [1.82, 2.24) is 5.32 Å². The molecule has 1 aromatic carbocycles. The van der Waals surface area contributed by atoms with Crippen molar-refractivity contribution in [3.05, 3.63) is 46.5 Å². The summed E-state index contributed by atoms with van der Waals surface area (Å²) in [5, 5.41) is 16.3. The topological polar surface area (TPSA) is 84.3 Å². The zero-order valence-corrected chi connectivity index (χ0v) is 10.1. The molecule has 0 spiro atoms. The van der Waals surface area contributed by atoms with E-state index in [0.717, 1.165) is 0 Å². The quantitative estimate of drug-likeness (QED) is 0.458. The van der Waals surface area contributed by atoms with Gasteiger partial charge >= 0.3 is 0 Å². The van der Waals surface area contributed by atoms with Crippen molar-refractivity contribution in [2.75, 3.05) is 18.4 Å². The van der Waals surface area contributed by atoms with E-state index in [-0.39, 0.29) is 11.6 Å². The number of nitrogens with one attached hydrogen (secondary N) is 2. The predicted octanol–water partition coefficient (Wildman–Crippen LogP) is 1.94. The van der Waals surface area contributed by atoms with E-state index >= 15 is 0 Å². The molecule has 2 N–H and O–H groups in total. The fourth-order valence-electron chi connectivity index (χ4n) is 1.42. The third-order valence-corrected chi connectivity index (χ3v) is 2.23. The van der Waals surface area contributed by atoms with Gasteiger partial charge in [-0.15, -0.1) is 6.58 Å². The molecular formula is C12H15N3O3. The SMILES string of the molecule is C=CCNc1cc(C(=O)NCC)ccc1[N+](=O)[O-]. The Kier molecular flexibility index (Phi) is 4.86. The van der Waals surface area contributed by atoms with Crippen LogP contribution in [0.2, 0.25) is 0 Å². The summed E-state index contributed by atoms with van der Waals surface area (Å²) < 4.78 is 0. The molecule has 0 atom stereocenters. The number of rotatable bonds is 6. The Balaban J connectivity index is 3.07. The number of carbonyl (C=O) groups is 1. The maximum atomic E-state index is 11.6. The molecule has 0 aliphatic heterocycles. The van der Waals surface area contributed by atoms with Crippen LogP contribution in [0.3, 0.4) is 0 Å². The monoisotopic (exact) mass is 249 g/mol. The molecule has 0 aromatic heterocycles. The molecule has 0 radical (unpaired) electrons. The summed E-state index contributed by atoms with van der Waals surface area (Å²) >= 11 is 0. The second-order valence-corrected chi connectivity index (χ2v) is 3.52. The van der Waals surface area contributed by atoms with Gasteiger partial charge in [0, 0.05) is 24.7 Å². The van der Waals surface area contributed by atoms with Crippen molar-refractivity contribution in [2.24, 2.45) is 0 Å². The van der Waals surface area contributed by atoms with E-state index in [2.05, 4.69) is 17.2 Å². The van der Waals surface area contributed by atoms with Crippen LogP contribution >= 0.6 is 0 Å². The largest absolute Gasteiger partial charge is 0.376 e. The third kappa shape index (κ3) is 3.31. The second-order valence-electron chi connectivity index (χ2n) is 3.52. The van der Waals surface area contributed by atoms with Crippen LogP contribution in [-0.2, 0) is 0 Å². The Morgan fingerprint density at radius 3 is 2.83 bits per heavy atom. The summed E-state index contributed by atoms with van der Waals surface area (Å²) in [5.41, 5.74) is 0.627. The molecule has 1 aromatic rings. The molecule has 6 heteroatoms. The molecule has 0 bridgehead atoms. The maximum absolute atomic E-state index is 11.6. The van der Waals surface area contributed by atoms with Gasteiger partial charge in [-0.25, -0.2) is 0 Å². The highest BCUT2D eigenvalue weighted by molar-refractivity contribution is 5.95. The van der Waals surface area contributed by atoms with Crippen molar-refractivity contribution in [2.45, 2.75) is 6.92 Å². The minimum Gasteiger partial charge on any atom is -0.376 e. The fraction of sp³-hybridized carbons (Fsp3) is 0.250. The van der Waals surface area contributed by atoms with Crippen molar-refractivity contribution in [3.63, 3.8) is 0 Å². The molecule has 0 fully saturated rings. The molecule has 0 saturated heterocycles. The zero-order valence-electron chi connectivity index (χ0n) is 10.1. The van der Waals surface area contributed by atoms with E-state index in [9.17, 15) is 14.9 Å². The Hall–Kier alpha value is -2.37. The standard InChI is InChI=1S/C12H15N3O3/c1-3-7-14-10-8-9(12(16)13-4-2)5-6-11(10)15(17)18/h3,5-6,8,14H,1,4,7H2,2H3,(H,13,16). The molecular weight excluding hydrogens is 234 g/mol. The number of hydrogen-bond acceptors (Lipinski definition) is 4. The molecule has 1 rings (SSSR count). The summed E-state index contributed by atoms with van der Waals surface area (Å²) in [4.78, 5) is 22.0. The van der Waals surface area contributed by atoms with Gasteiger partial charge in [0.15, 0.2) is 0 Å². The summed E-state index contributed by atoms with van der Waals surface area (Å²) in [6.45, 7) is 6.23. The van der Waals surface area contributed by atoms with E-state index in [1.807, 2.05) is 0 Å². The van der Waals surface area contributed by atoms with Crippen LogP contribution in [0.5, 0.6) is 0 Å². The van der Waals surface area contributed by atoms with Crippen LogP contribution in [0, 0.1) is 10.1 Å². The van der Waals surface area contributed by atoms with Crippen molar-refractivity contribution >= 4 is 17.3 Å². The summed E-state index contributed by atoms with van der Waals surface area (Å²) in [7, 11) is 0. The summed E-state index contributed by atoms with van der Waals surface area (Å²) in [6, 6.07) is 4.21. The van der Waals surface area contributed by atoms with Gasteiger partial charge in [0.25, 0.3) is 11.6 Å². The number of amides is 1. The van der Waals surface area contributed by atoms with Gasteiger partial charge in [-0.1, -0.05) is 6.08 Å². The lowest BCUT2D eigenvalue weighted by Gasteiger charge is -2.07. The van der Waals surface area contributed by atoms with Gasteiger partial charge in [-0.3, -0.25) is 14.9 Å². The first-order valence-corrected chi connectivity index (χ1v) is 5.51. The first kappa shape index (κ1) is 13.7. The highest BCUT2D eigenvalue weighted by atomic mass is 16.6. The van der Waals surface area contributed by atoms with Crippen LogP contribution in [0.25, 0.3) is 0 Å². The first-order valence-electron chi connectivity index (χ1n) is 5.51. The van der Waals surface area contributed by atoms with Gasteiger partial charge in [0.05, 0.1) is 4.92 Å². The number of benzene rings is 1. The Morgan fingerprint density at radius 1 is 1.56 bits per heavy atom. The minimum atomic E-state index is -0.493. The zero-order chi connectivity index (χ0) is 13.5. The molecule has 6 nitrogen and oxygen atoms in total. The smallest absolute Gasteiger partial charge is 0.292 e. The molecule has 0 aliphatic rings. The van der Waals surface area contributed by atoms with E-state index in [4.69, 9.17) is 0 Å². The molecule has 96 valence electrons. The Labute approximate surface area is 105 Å². The van der Waals surface area contributed by atoms with Crippen LogP contribution in [0.4, 0.5) is 11.4 Å². The van der Waals surface area contributed by atoms with Crippen molar-refractivity contribution in [1.29, 1.82) is 0 Å². The van der Waals surface area contributed by atoms with Gasteiger partial charge in [-0.2, -0.15) is 0 Å². The van der Waals surface area contributed by atoms with Gasteiger partial charge in [-0.05, 0) is 19.1 Å². The second kappa shape index (κ2) is 6.39. The van der Waals surface area contributed by atoms with E-state index in [1.165, 1.54) is 18.2 Å². The van der Waals surface area contributed by atoms with Gasteiger partial charge in [0.1, 0.15) is 5.69 Å². The lowest BCUT2D eigenvalue weighted by molar-refractivity contribution is -0.384. The van der Waals surface area contributed by atoms with Crippen molar-refractivity contribution < 1.29 is 9.72 Å². The van der Waals surface area contributed by atoms with Crippen LogP contribution in [-0.4, -0.2) is 23.9 Å². The molecule has 0 aliphatic carbocycles. The molecule has 0 saturated carbocycles. The highest BCUT2D eigenvalue weighted by Crippen LogP contribution is 2.25. The number of nitrogens with zero attached hydrogens (tertiary/aromatic N) is 1. The van der Waals surface area contributed by atoms with E-state index in [1.54, 1.807) is 13.0 Å². The van der Waals surface area contributed by atoms with E-state index < -0.39 is 4.92 Å². The van der Waals surface area contributed by atoms with Crippen LogP contribution < -0.4 is 10.6 Å². The number of anilines is 1. The highest BCUT2D eigenvalue weighted by Gasteiger charge is 2.15. The molecule has 0 heterocycles. The first-order chi connectivity index (χ1) is 8.60. The maximum Gasteiger partial charge on any atom is 0.292 e. The van der Waals surface area contributed by atoms with Crippen LogP contribution in [0.15, 0.2) is 30.9 Å². The fourth-order valence-corrected chi connectivity index (χ4v) is 1.42. The number of nitro groups is 1. The molecule has 0 unspecified atom stereocenters. The lowest BCUT2D eigenvalue weighted by atomic mass is 10.1. The normalized spacial score (nSPS) is 9.61. The average molecular weight is 249 g/mol. The average Bonchev–Trinajstić information content (AvgIpc) is 2.36. The number of hydrogen-bond donors (Lipinski definition) is 2. The minimum absolute atomic E-state index is 0.0649. The van der Waals surface area contributed by atoms with Crippen molar-refractivity contribution in [3.8, 4) is 0 Å². The van der Waals surface area contributed by atoms with E-state index in [0.29, 0.717) is 24.3 Å². The number of nitro benzene ring substituents is 1. The Morgan fingerprint density at radius 2 is 2.28 bits per heavy atom. The van der Waals surface area contributed by atoms with Crippen LogP contribution in [0.1, 0.15) is 17.3 Å².